The number of hydrogen-bond acceptors (Lipinski definition) is 2. The molecule has 0 amide bonds. The first-order chi connectivity index (χ1) is 5.68. The fourth-order valence-corrected chi connectivity index (χ4v) is 0.552. The maximum absolute atomic E-state index is 11.4. The number of allylic oxidation sites excluding steroid dienone is 1. The molecule has 0 aromatic heterocycles. The summed E-state index contributed by atoms with van der Waals surface area (Å²) in [6.07, 6.45) is 3.09. The quantitative estimate of drug-likeness (QED) is 0.361. The second-order valence-corrected chi connectivity index (χ2v) is 2.42. The molecule has 0 rings (SSSR count). The summed E-state index contributed by atoms with van der Waals surface area (Å²) in [4.78, 5) is 10.8. The van der Waals surface area contributed by atoms with E-state index in [-0.39, 0.29) is 5.97 Å². The van der Waals surface area contributed by atoms with Crippen molar-refractivity contribution in [3.05, 3.63) is 24.6 Å². The van der Waals surface area contributed by atoms with Gasteiger partial charge >= 0.3 is 5.97 Å². The lowest BCUT2D eigenvalue weighted by molar-refractivity contribution is -0.139. The van der Waals surface area contributed by atoms with Crippen LogP contribution in [0.15, 0.2) is 24.6 Å². The van der Waals surface area contributed by atoms with Crippen LogP contribution in [0.5, 0.6) is 0 Å². The minimum Gasteiger partial charge on any atom is -0.462 e. The molecule has 0 saturated carbocycles. The zero-order valence-corrected chi connectivity index (χ0v) is 7.18. The normalized spacial score (nSPS) is 10.2. The topological polar surface area (TPSA) is 26.3 Å². The average Bonchev–Trinajstić information content (AvgIpc) is 2.03. The molecule has 0 aromatic carbocycles. The van der Waals surface area contributed by atoms with Gasteiger partial charge in [-0.05, 0) is 19.8 Å². The fraction of sp³-hybridized carbons (Fsp3) is 0.444. The van der Waals surface area contributed by atoms with Gasteiger partial charge in [0, 0.05) is 5.57 Å². The third-order valence-electron chi connectivity index (χ3n) is 1.19. The lowest BCUT2D eigenvalue weighted by Gasteiger charge is -2.01. The number of halogens is 1. The number of ether oxygens (including phenoxy) is 1. The summed E-state index contributed by atoms with van der Waals surface area (Å²) in [5.41, 5.74) is 0.385. The maximum atomic E-state index is 11.4. The van der Waals surface area contributed by atoms with Crippen LogP contribution in [0.2, 0.25) is 0 Å². The van der Waals surface area contributed by atoms with Gasteiger partial charge in [0.2, 0.25) is 0 Å². The number of esters is 1. The second-order valence-electron chi connectivity index (χ2n) is 2.42. The van der Waals surface area contributed by atoms with Crippen molar-refractivity contribution >= 4 is 5.97 Å². The molecule has 0 atom stereocenters. The fourth-order valence-electron chi connectivity index (χ4n) is 0.552. The van der Waals surface area contributed by atoms with Gasteiger partial charge in [0.25, 0.3) is 0 Å². The van der Waals surface area contributed by atoms with Crippen molar-refractivity contribution in [2.45, 2.75) is 19.8 Å². The van der Waals surface area contributed by atoms with Crippen LogP contribution in [0.25, 0.3) is 0 Å². The predicted molar refractivity (Wildman–Crippen MR) is 45.3 cm³/mol. The van der Waals surface area contributed by atoms with E-state index in [4.69, 9.17) is 4.74 Å². The number of carbonyl (C=O) groups is 1. The molecule has 0 unspecified atom stereocenters. The van der Waals surface area contributed by atoms with E-state index >= 15 is 0 Å². The molecular formula is C9H13FO2. The van der Waals surface area contributed by atoms with Gasteiger partial charge in [-0.1, -0.05) is 12.7 Å². The summed E-state index contributed by atoms with van der Waals surface area (Å²) in [5, 5.41) is 0. The summed E-state index contributed by atoms with van der Waals surface area (Å²) in [6.45, 7) is 5.32. The molecule has 0 saturated heterocycles. The van der Waals surface area contributed by atoms with Crippen molar-refractivity contribution in [2.75, 3.05) is 6.61 Å². The Morgan fingerprint density at radius 3 is 2.83 bits per heavy atom. The van der Waals surface area contributed by atoms with E-state index in [1.807, 2.05) is 0 Å². The summed E-state index contributed by atoms with van der Waals surface area (Å²) >= 11 is 0. The van der Waals surface area contributed by atoms with Crippen molar-refractivity contribution in [3.8, 4) is 0 Å². The molecule has 0 N–H and O–H groups in total. The van der Waals surface area contributed by atoms with Gasteiger partial charge in [0.15, 0.2) is 0 Å². The minimum atomic E-state index is -0.390. The van der Waals surface area contributed by atoms with Crippen LogP contribution in [0.1, 0.15) is 19.8 Å². The first-order valence-electron chi connectivity index (χ1n) is 3.76. The third-order valence-corrected chi connectivity index (χ3v) is 1.19. The summed E-state index contributed by atoms with van der Waals surface area (Å²) in [7, 11) is 0. The van der Waals surface area contributed by atoms with E-state index in [2.05, 4.69) is 6.58 Å². The molecule has 0 bridgehead atoms. The monoisotopic (exact) mass is 172 g/mol. The summed E-state index contributed by atoms with van der Waals surface area (Å²) in [6, 6.07) is 0. The first kappa shape index (κ1) is 10.9. The molecule has 0 aliphatic rings. The molecule has 0 spiro atoms. The molecule has 0 heterocycles. The molecular weight excluding hydrogens is 159 g/mol. The Hall–Kier alpha value is -1.12. The van der Waals surface area contributed by atoms with Crippen LogP contribution in [0.4, 0.5) is 4.39 Å². The molecule has 2 nitrogen and oxygen atoms in total. The number of carbonyl (C=O) groups excluding carboxylic acids is 1. The maximum Gasteiger partial charge on any atom is 0.333 e. The Balaban J connectivity index is 3.32. The Kier molecular flexibility index (Phi) is 5.97. The minimum absolute atomic E-state index is 0.316. The van der Waals surface area contributed by atoms with Crippen molar-refractivity contribution in [3.63, 3.8) is 0 Å². The van der Waals surface area contributed by atoms with Crippen LogP contribution in [0, 0.1) is 0 Å². The summed E-state index contributed by atoms with van der Waals surface area (Å²) in [5.74, 6) is -0.390. The van der Waals surface area contributed by atoms with Gasteiger partial charge in [0.1, 0.15) is 0 Å². The molecule has 3 heteroatoms. The van der Waals surface area contributed by atoms with E-state index in [9.17, 15) is 9.18 Å². The average molecular weight is 172 g/mol. The third kappa shape index (κ3) is 5.65. The number of unbranched alkanes of at least 4 members (excludes halogenated alkanes) is 1. The Morgan fingerprint density at radius 1 is 1.67 bits per heavy atom. The molecule has 0 aliphatic carbocycles. The Bertz CT molecular complexity index is 185. The van der Waals surface area contributed by atoms with Crippen molar-refractivity contribution < 1.29 is 13.9 Å². The second kappa shape index (κ2) is 6.58. The predicted octanol–water partition coefficient (Wildman–Crippen LogP) is 2.37. The smallest absolute Gasteiger partial charge is 0.333 e. The highest BCUT2D eigenvalue weighted by molar-refractivity contribution is 5.86. The van der Waals surface area contributed by atoms with Gasteiger partial charge < -0.3 is 4.74 Å². The largest absolute Gasteiger partial charge is 0.462 e. The van der Waals surface area contributed by atoms with Gasteiger partial charge in [-0.15, -0.1) is 0 Å². The Morgan fingerprint density at radius 2 is 2.33 bits per heavy atom. The van der Waals surface area contributed by atoms with Crippen molar-refractivity contribution in [1.82, 2.24) is 0 Å². The van der Waals surface area contributed by atoms with Crippen LogP contribution in [-0.2, 0) is 9.53 Å². The van der Waals surface area contributed by atoms with Crippen molar-refractivity contribution in [2.24, 2.45) is 0 Å². The Labute approximate surface area is 71.7 Å². The highest BCUT2D eigenvalue weighted by Crippen LogP contribution is 1.96. The number of hydrogen-bond donors (Lipinski definition) is 0. The van der Waals surface area contributed by atoms with Gasteiger partial charge in [-0.3, -0.25) is 0 Å². The van der Waals surface area contributed by atoms with E-state index in [1.165, 1.54) is 6.08 Å². The molecule has 0 fully saturated rings. The van der Waals surface area contributed by atoms with Crippen LogP contribution in [-0.4, -0.2) is 12.6 Å². The van der Waals surface area contributed by atoms with E-state index in [0.717, 1.165) is 0 Å². The van der Waals surface area contributed by atoms with Crippen LogP contribution >= 0.6 is 0 Å². The van der Waals surface area contributed by atoms with Gasteiger partial charge in [0.05, 0.1) is 12.9 Å². The van der Waals surface area contributed by atoms with Gasteiger partial charge in [-0.25, -0.2) is 9.18 Å². The van der Waals surface area contributed by atoms with Crippen LogP contribution < -0.4 is 0 Å². The molecule has 12 heavy (non-hydrogen) atoms. The van der Waals surface area contributed by atoms with Gasteiger partial charge in [-0.2, -0.15) is 0 Å². The molecule has 0 aromatic rings. The summed E-state index contributed by atoms with van der Waals surface area (Å²) < 4.78 is 16.2. The standard InChI is InChI=1S/C9H13FO2/c1-8(2)9(11)12-7-5-3-4-6-10/h4,6H,1,3,5,7H2,2H3. The highest BCUT2D eigenvalue weighted by atomic mass is 19.1. The SMILES string of the molecule is C=C(C)C(=O)OCCCC=CF. The lowest BCUT2D eigenvalue weighted by atomic mass is 10.3. The van der Waals surface area contributed by atoms with E-state index < -0.39 is 0 Å². The number of rotatable bonds is 5. The van der Waals surface area contributed by atoms with Crippen LogP contribution in [0.3, 0.4) is 0 Å². The molecule has 68 valence electrons. The highest BCUT2D eigenvalue weighted by Gasteiger charge is 2.00. The zero-order valence-electron chi connectivity index (χ0n) is 7.18. The van der Waals surface area contributed by atoms with Crippen molar-refractivity contribution in [1.29, 1.82) is 0 Å². The molecule has 0 aliphatic heterocycles. The van der Waals surface area contributed by atoms with E-state index in [0.29, 0.717) is 31.4 Å². The molecule has 0 radical (unpaired) electrons. The zero-order chi connectivity index (χ0) is 9.40. The van der Waals surface area contributed by atoms with E-state index in [1.54, 1.807) is 6.92 Å². The first-order valence-corrected chi connectivity index (χ1v) is 3.76. The lowest BCUT2D eigenvalue weighted by Crippen LogP contribution is -2.05.